The normalized spacial score (nSPS) is 8.79. The highest BCUT2D eigenvalue weighted by atomic mass is 35.5. The van der Waals surface area contributed by atoms with Crippen molar-refractivity contribution in [1.29, 1.82) is 0 Å². The number of aliphatic carboxylic acids is 1. The zero-order chi connectivity index (χ0) is 11.1. The van der Waals surface area contributed by atoms with E-state index in [1.807, 2.05) is 0 Å². The maximum absolute atomic E-state index is 11.9. The van der Waals surface area contributed by atoms with Crippen LogP contribution in [0, 0.1) is 0 Å². The number of rotatable bonds is 1. The molecular formula is C8H10ClFN2O2. The van der Waals surface area contributed by atoms with Crippen molar-refractivity contribution in [2.24, 2.45) is 0 Å². The van der Waals surface area contributed by atoms with E-state index < -0.39 is 12.6 Å². The molecule has 0 aliphatic carbocycles. The summed E-state index contributed by atoms with van der Waals surface area (Å²) in [4.78, 5) is 12.7. The number of anilines is 1. The zero-order valence-electron chi connectivity index (χ0n) is 7.50. The number of aromatic nitrogens is 1. The molecule has 1 rings (SSSR count). The second-order valence-corrected chi connectivity index (χ2v) is 2.76. The van der Waals surface area contributed by atoms with Gasteiger partial charge in [-0.15, -0.1) is 0 Å². The van der Waals surface area contributed by atoms with E-state index in [0.717, 1.165) is 6.92 Å². The van der Waals surface area contributed by atoms with Gasteiger partial charge < -0.3 is 10.8 Å². The van der Waals surface area contributed by atoms with E-state index >= 15 is 0 Å². The molecule has 3 N–H and O–H groups in total. The first kappa shape index (κ1) is 12.6. The van der Waals surface area contributed by atoms with Crippen LogP contribution in [0.15, 0.2) is 12.3 Å². The minimum absolute atomic E-state index is 0.307. The van der Waals surface area contributed by atoms with Crippen LogP contribution in [0.2, 0.25) is 5.02 Å². The first-order chi connectivity index (χ1) is 6.47. The number of nitrogens with two attached hydrogens (primary N) is 1. The Morgan fingerprint density at radius 3 is 2.64 bits per heavy atom. The number of nitrogens with zero attached hydrogens (tertiary/aromatic N) is 1. The van der Waals surface area contributed by atoms with Gasteiger partial charge in [-0.1, -0.05) is 11.6 Å². The van der Waals surface area contributed by atoms with Gasteiger partial charge in [0.25, 0.3) is 5.97 Å². The molecule has 0 bridgehead atoms. The lowest BCUT2D eigenvalue weighted by Crippen LogP contribution is -1.91. The summed E-state index contributed by atoms with van der Waals surface area (Å²) < 4.78 is 11.9. The Kier molecular flexibility index (Phi) is 5.55. The maximum atomic E-state index is 11.9. The number of hydrogen-bond donors (Lipinski definition) is 2. The molecule has 1 aromatic rings. The highest BCUT2D eigenvalue weighted by molar-refractivity contribution is 6.32. The fourth-order valence-electron chi connectivity index (χ4n) is 0.573. The standard InChI is InChI=1S/C6H6ClFN2.C2H4O2/c7-5-3-10-4(2-8)1-6(5)9;1-2(3)4/h1,3H,2H2,(H2,9,10);1H3,(H,3,4). The first-order valence-electron chi connectivity index (χ1n) is 3.62. The molecule has 4 nitrogen and oxygen atoms in total. The van der Waals surface area contributed by atoms with Gasteiger partial charge in [0.05, 0.1) is 16.4 Å². The van der Waals surface area contributed by atoms with Crippen LogP contribution in [0.3, 0.4) is 0 Å². The zero-order valence-corrected chi connectivity index (χ0v) is 8.25. The maximum Gasteiger partial charge on any atom is 0.300 e. The summed E-state index contributed by atoms with van der Waals surface area (Å²) in [6.07, 6.45) is 1.34. The fourth-order valence-corrected chi connectivity index (χ4v) is 0.676. The third-order valence-electron chi connectivity index (χ3n) is 1.08. The fraction of sp³-hybridized carbons (Fsp3) is 0.250. The second-order valence-electron chi connectivity index (χ2n) is 2.35. The monoisotopic (exact) mass is 220 g/mol. The predicted molar refractivity (Wildman–Crippen MR) is 51.8 cm³/mol. The molecule has 6 heteroatoms. The van der Waals surface area contributed by atoms with E-state index in [0.29, 0.717) is 16.4 Å². The van der Waals surface area contributed by atoms with Crippen LogP contribution in [-0.4, -0.2) is 16.1 Å². The number of pyridine rings is 1. The Bertz CT molecular complexity index is 316. The molecule has 0 aromatic carbocycles. The molecule has 0 fully saturated rings. The van der Waals surface area contributed by atoms with E-state index in [1.165, 1.54) is 12.3 Å². The summed E-state index contributed by atoms with van der Waals surface area (Å²) in [5.74, 6) is -0.833. The number of carboxylic acids is 1. The first-order valence-corrected chi connectivity index (χ1v) is 4.00. The Balaban J connectivity index is 0.000000364. The minimum atomic E-state index is -0.833. The van der Waals surface area contributed by atoms with Crippen LogP contribution in [0.4, 0.5) is 10.1 Å². The van der Waals surface area contributed by atoms with Crippen molar-refractivity contribution in [3.8, 4) is 0 Å². The summed E-state index contributed by atoms with van der Waals surface area (Å²) in [7, 11) is 0. The average Bonchev–Trinajstić information content (AvgIpc) is 2.09. The van der Waals surface area contributed by atoms with Gasteiger partial charge in [-0.25, -0.2) is 4.39 Å². The Morgan fingerprint density at radius 2 is 2.29 bits per heavy atom. The predicted octanol–water partition coefficient (Wildman–Crippen LogP) is 1.88. The summed E-state index contributed by atoms with van der Waals surface area (Å²) in [5, 5.41) is 7.78. The van der Waals surface area contributed by atoms with Gasteiger partial charge in [-0.05, 0) is 6.07 Å². The van der Waals surface area contributed by atoms with Gasteiger partial charge in [-0.3, -0.25) is 9.78 Å². The van der Waals surface area contributed by atoms with Crippen molar-refractivity contribution in [3.63, 3.8) is 0 Å². The van der Waals surface area contributed by atoms with Crippen LogP contribution in [0.5, 0.6) is 0 Å². The van der Waals surface area contributed by atoms with E-state index in [-0.39, 0.29) is 0 Å². The molecule has 0 radical (unpaired) electrons. The lowest BCUT2D eigenvalue weighted by Gasteiger charge is -1.97. The van der Waals surface area contributed by atoms with Gasteiger partial charge in [0.2, 0.25) is 0 Å². The lowest BCUT2D eigenvalue weighted by molar-refractivity contribution is -0.134. The Labute approximate surface area is 85.5 Å². The van der Waals surface area contributed by atoms with Crippen molar-refractivity contribution in [3.05, 3.63) is 23.0 Å². The molecule has 78 valence electrons. The molecule has 1 heterocycles. The number of nitrogen functional groups attached to an aromatic ring is 1. The van der Waals surface area contributed by atoms with Crippen LogP contribution in [0.25, 0.3) is 0 Å². The summed E-state index contributed by atoms with van der Waals surface area (Å²) in [6.45, 7) is 0.474. The quantitative estimate of drug-likeness (QED) is 0.758. The molecule has 0 atom stereocenters. The number of alkyl halides is 1. The van der Waals surface area contributed by atoms with Gasteiger partial charge in [0, 0.05) is 13.1 Å². The van der Waals surface area contributed by atoms with Crippen molar-refractivity contribution in [2.45, 2.75) is 13.6 Å². The van der Waals surface area contributed by atoms with E-state index in [1.54, 1.807) is 0 Å². The highest BCUT2D eigenvalue weighted by Crippen LogP contribution is 2.17. The summed E-state index contributed by atoms with van der Waals surface area (Å²) >= 11 is 5.53. The van der Waals surface area contributed by atoms with E-state index in [2.05, 4.69) is 4.98 Å². The second kappa shape index (κ2) is 6.15. The number of hydrogen-bond acceptors (Lipinski definition) is 3. The smallest absolute Gasteiger partial charge is 0.300 e. The van der Waals surface area contributed by atoms with Crippen LogP contribution in [0.1, 0.15) is 12.6 Å². The summed E-state index contributed by atoms with van der Waals surface area (Å²) in [6, 6.07) is 1.42. The highest BCUT2D eigenvalue weighted by Gasteiger charge is 1.97. The number of carboxylic acid groups (broad SMARTS) is 1. The van der Waals surface area contributed by atoms with Crippen molar-refractivity contribution in [1.82, 2.24) is 4.98 Å². The molecule has 0 spiro atoms. The summed E-state index contributed by atoms with van der Waals surface area (Å²) in [5.41, 5.74) is 6.03. The largest absolute Gasteiger partial charge is 0.481 e. The minimum Gasteiger partial charge on any atom is -0.481 e. The SMILES string of the molecule is CC(=O)O.Nc1cc(CF)ncc1Cl. The van der Waals surface area contributed by atoms with E-state index in [9.17, 15) is 4.39 Å². The molecule has 0 saturated carbocycles. The molecule has 0 saturated heterocycles. The number of halogens is 2. The third-order valence-corrected chi connectivity index (χ3v) is 1.39. The molecule has 0 unspecified atom stereocenters. The molecule has 1 aromatic heterocycles. The Hall–Kier alpha value is -1.36. The van der Waals surface area contributed by atoms with Crippen LogP contribution < -0.4 is 5.73 Å². The van der Waals surface area contributed by atoms with Gasteiger partial charge in [0.1, 0.15) is 6.67 Å². The molecular weight excluding hydrogens is 211 g/mol. The van der Waals surface area contributed by atoms with Gasteiger partial charge in [-0.2, -0.15) is 0 Å². The van der Waals surface area contributed by atoms with Crippen molar-refractivity contribution >= 4 is 23.3 Å². The third kappa shape index (κ3) is 5.31. The number of carbonyl (C=O) groups is 1. The Morgan fingerprint density at radius 1 is 1.79 bits per heavy atom. The van der Waals surface area contributed by atoms with Crippen LogP contribution in [-0.2, 0) is 11.5 Å². The topological polar surface area (TPSA) is 76.2 Å². The van der Waals surface area contributed by atoms with Crippen molar-refractivity contribution in [2.75, 3.05) is 5.73 Å². The molecule has 0 amide bonds. The molecule has 0 aliphatic rings. The van der Waals surface area contributed by atoms with Crippen LogP contribution >= 0.6 is 11.6 Å². The van der Waals surface area contributed by atoms with Crippen molar-refractivity contribution < 1.29 is 14.3 Å². The molecule has 0 aliphatic heterocycles. The van der Waals surface area contributed by atoms with E-state index in [4.69, 9.17) is 27.2 Å². The molecule has 14 heavy (non-hydrogen) atoms. The van der Waals surface area contributed by atoms with Gasteiger partial charge in [0.15, 0.2) is 0 Å². The van der Waals surface area contributed by atoms with Gasteiger partial charge >= 0.3 is 0 Å². The average molecular weight is 221 g/mol. The lowest BCUT2D eigenvalue weighted by atomic mass is 10.3.